The highest BCUT2D eigenvalue weighted by atomic mass is 16.7. The van der Waals surface area contributed by atoms with Crippen molar-refractivity contribution >= 4 is 17.9 Å². The summed E-state index contributed by atoms with van der Waals surface area (Å²) in [5, 5.41) is 0. The fraction of sp³-hybridized carbons (Fsp3) is 0.125. The van der Waals surface area contributed by atoms with Crippen molar-refractivity contribution in [2.45, 2.75) is 6.92 Å². The number of carbonyl (C=O) groups is 1. The van der Waals surface area contributed by atoms with Gasteiger partial charge in [0.05, 0.1) is 0 Å². The number of rotatable bonds is 2. The Hall–Kier alpha value is -3.02. The van der Waals surface area contributed by atoms with Gasteiger partial charge in [0.25, 0.3) is 0 Å². The minimum atomic E-state index is -0.512. The fourth-order valence-corrected chi connectivity index (χ4v) is 2.23. The monoisotopic (exact) mass is 297 g/mol. The molecule has 0 unspecified atom stereocenters. The Kier molecular flexibility index (Phi) is 2.75. The highest BCUT2D eigenvalue weighted by Crippen LogP contribution is 2.33. The van der Waals surface area contributed by atoms with Gasteiger partial charge < -0.3 is 18.6 Å². The highest BCUT2D eigenvalue weighted by Gasteiger charge is 2.26. The zero-order valence-corrected chi connectivity index (χ0v) is 11.7. The molecule has 110 valence electrons. The second kappa shape index (κ2) is 4.77. The summed E-state index contributed by atoms with van der Waals surface area (Å²) in [6.45, 7) is 2.02. The van der Waals surface area contributed by atoms with Crippen molar-refractivity contribution in [3.05, 3.63) is 53.1 Å². The lowest BCUT2D eigenvalue weighted by atomic mass is 10.2. The van der Waals surface area contributed by atoms with Gasteiger partial charge in [-0.1, -0.05) is 0 Å². The Morgan fingerprint density at radius 2 is 2.00 bits per heavy atom. The van der Waals surface area contributed by atoms with Crippen LogP contribution in [0.3, 0.4) is 0 Å². The minimum absolute atomic E-state index is 0.189. The van der Waals surface area contributed by atoms with E-state index in [4.69, 9.17) is 18.6 Å². The van der Waals surface area contributed by atoms with E-state index >= 15 is 0 Å². The zero-order valence-electron chi connectivity index (χ0n) is 11.7. The fourth-order valence-electron chi connectivity index (χ4n) is 2.23. The van der Waals surface area contributed by atoms with E-state index in [0.29, 0.717) is 22.8 Å². The first-order chi connectivity index (χ1) is 10.7. The number of aliphatic imine (C=N–C) groups is 1. The van der Waals surface area contributed by atoms with E-state index < -0.39 is 5.97 Å². The third-order valence-electron chi connectivity index (χ3n) is 3.28. The summed E-state index contributed by atoms with van der Waals surface area (Å²) >= 11 is 0. The molecule has 6 heteroatoms. The molecule has 2 aliphatic heterocycles. The average Bonchev–Trinajstić information content (AvgIpc) is 3.20. The molecule has 4 rings (SSSR count). The molecule has 0 radical (unpaired) electrons. The Morgan fingerprint density at radius 1 is 1.14 bits per heavy atom. The van der Waals surface area contributed by atoms with Crippen LogP contribution >= 0.6 is 0 Å². The van der Waals surface area contributed by atoms with Gasteiger partial charge in [0.1, 0.15) is 11.5 Å². The number of fused-ring (bicyclic) bond motifs is 1. The number of hydrogen-bond donors (Lipinski definition) is 0. The summed E-state index contributed by atoms with van der Waals surface area (Å²) in [4.78, 5) is 16.1. The Bertz CT molecular complexity index is 831. The molecule has 2 aliphatic rings. The second-order valence-electron chi connectivity index (χ2n) is 4.85. The van der Waals surface area contributed by atoms with Crippen molar-refractivity contribution in [3.63, 3.8) is 0 Å². The van der Waals surface area contributed by atoms with Crippen LogP contribution in [0.4, 0.5) is 0 Å². The van der Waals surface area contributed by atoms with Gasteiger partial charge in [-0.05, 0) is 37.3 Å². The van der Waals surface area contributed by atoms with Gasteiger partial charge in [0, 0.05) is 11.6 Å². The largest absolute Gasteiger partial charge is 0.462 e. The standard InChI is InChI=1S/C16H11NO5/c1-9-2-4-11(21-9)7-12-16(18)22-15(17-12)10-3-5-13-14(6-10)20-8-19-13/h2-7H,8H2,1H3/b12-7-. The normalized spacial score (nSPS) is 17.8. The molecule has 0 N–H and O–H groups in total. The van der Waals surface area contributed by atoms with Crippen molar-refractivity contribution in [2.24, 2.45) is 4.99 Å². The van der Waals surface area contributed by atoms with Gasteiger partial charge in [-0.25, -0.2) is 9.79 Å². The number of carbonyl (C=O) groups excluding carboxylic acids is 1. The predicted octanol–water partition coefficient (Wildman–Crippen LogP) is 2.66. The molecule has 0 fully saturated rings. The number of hydrogen-bond acceptors (Lipinski definition) is 6. The molecule has 1 aromatic carbocycles. The van der Waals surface area contributed by atoms with Crippen molar-refractivity contribution in [3.8, 4) is 11.5 Å². The molecule has 0 saturated heterocycles. The smallest absolute Gasteiger partial charge is 0.363 e. The predicted molar refractivity (Wildman–Crippen MR) is 76.6 cm³/mol. The Balaban J connectivity index is 1.67. The summed E-state index contributed by atoms with van der Waals surface area (Å²) in [6, 6.07) is 8.83. The summed E-state index contributed by atoms with van der Waals surface area (Å²) in [5.74, 6) is 2.31. The molecular weight excluding hydrogens is 286 g/mol. The van der Waals surface area contributed by atoms with Crippen LogP contribution in [0.5, 0.6) is 11.5 Å². The number of nitrogens with zero attached hydrogens (tertiary/aromatic N) is 1. The molecule has 1 aromatic heterocycles. The van der Waals surface area contributed by atoms with Crippen LogP contribution in [0.15, 0.2) is 45.4 Å². The minimum Gasteiger partial charge on any atom is -0.462 e. The van der Waals surface area contributed by atoms with Crippen LogP contribution < -0.4 is 9.47 Å². The van der Waals surface area contributed by atoms with Gasteiger partial charge in [-0.2, -0.15) is 0 Å². The van der Waals surface area contributed by atoms with Crippen LogP contribution in [-0.4, -0.2) is 18.7 Å². The summed E-state index contributed by atoms with van der Waals surface area (Å²) in [5.41, 5.74) is 0.846. The molecular formula is C16H11NO5. The van der Waals surface area contributed by atoms with E-state index in [9.17, 15) is 4.79 Å². The van der Waals surface area contributed by atoms with Crippen LogP contribution in [0.1, 0.15) is 17.1 Å². The molecule has 0 saturated carbocycles. The third kappa shape index (κ3) is 2.14. The topological polar surface area (TPSA) is 70.3 Å². The van der Waals surface area contributed by atoms with E-state index in [1.165, 1.54) is 0 Å². The molecule has 22 heavy (non-hydrogen) atoms. The molecule has 0 spiro atoms. The van der Waals surface area contributed by atoms with Crippen LogP contribution in [0.2, 0.25) is 0 Å². The first-order valence-electron chi connectivity index (χ1n) is 6.68. The first-order valence-corrected chi connectivity index (χ1v) is 6.68. The van der Waals surface area contributed by atoms with Crippen molar-refractivity contribution < 1.29 is 23.4 Å². The number of esters is 1. The van der Waals surface area contributed by atoms with Gasteiger partial charge in [-0.15, -0.1) is 0 Å². The first kappa shape index (κ1) is 12.7. The van der Waals surface area contributed by atoms with E-state index in [-0.39, 0.29) is 18.4 Å². The maximum Gasteiger partial charge on any atom is 0.363 e. The van der Waals surface area contributed by atoms with Gasteiger partial charge in [0.2, 0.25) is 12.7 Å². The lowest BCUT2D eigenvalue weighted by Crippen LogP contribution is -2.05. The van der Waals surface area contributed by atoms with Gasteiger partial charge in [-0.3, -0.25) is 0 Å². The maximum atomic E-state index is 11.9. The van der Waals surface area contributed by atoms with E-state index in [0.717, 1.165) is 5.76 Å². The third-order valence-corrected chi connectivity index (χ3v) is 3.28. The number of aryl methyl sites for hydroxylation is 1. The SMILES string of the molecule is Cc1ccc(/C=C2\N=C(c3ccc4c(c3)OCO4)OC2=O)o1. The van der Waals surface area contributed by atoms with E-state index in [1.807, 2.05) is 13.0 Å². The quantitative estimate of drug-likeness (QED) is 0.629. The Labute approximate surface area is 125 Å². The molecule has 3 heterocycles. The van der Waals surface area contributed by atoms with Crippen molar-refractivity contribution in [2.75, 3.05) is 6.79 Å². The van der Waals surface area contributed by atoms with Gasteiger partial charge >= 0.3 is 5.97 Å². The molecule has 2 aromatic rings. The zero-order chi connectivity index (χ0) is 15.1. The molecule has 0 bridgehead atoms. The summed E-state index contributed by atoms with van der Waals surface area (Å²) < 4.78 is 21.2. The highest BCUT2D eigenvalue weighted by molar-refractivity contribution is 6.12. The van der Waals surface area contributed by atoms with Crippen LogP contribution in [-0.2, 0) is 9.53 Å². The number of ether oxygens (including phenoxy) is 3. The lowest BCUT2D eigenvalue weighted by molar-refractivity contribution is -0.129. The average molecular weight is 297 g/mol. The van der Waals surface area contributed by atoms with Crippen LogP contribution in [0, 0.1) is 6.92 Å². The maximum absolute atomic E-state index is 11.9. The molecule has 6 nitrogen and oxygen atoms in total. The number of furan rings is 1. The molecule has 0 amide bonds. The molecule has 0 aliphatic carbocycles. The van der Waals surface area contributed by atoms with E-state index in [1.54, 1.807) is 30.3 Å². The number of cyclic esters (lactones) is 1. The second-order valence-corrected chi connectivity index (χ2v) is 4.85. The van der Waals surface area contributed by atoms with Crippen molar-refractivity contribution in [1.29, 1.82) is 0 Å². The number of benzene rings is 1. The lowest BCUT2D eigenvalue weighted by Gasteiger charge is -2.01. The Morgan fingerprint density at radius 3 is 2.82 bits per heavy atom. The van der Waals surface area contributed by atoms with Crippen molar-refractivity contribution in [1.82, 2.24) is 0 Å². The summed E-state index contributed by atoms with van der Waals surface area (Å²) in [6.07, 6.45) is 1.55. The molecule has 0 atom stereocenters. The van der Waals surface area contributed by atoms with Gasteiger partial charge in [0.15, 0.2) is 17.2 Å². The van der Waals surface area contributed by atoms with E-state index in [2.05, 4.69) is 4.99 Å². The van der Waals surface area contributed by atoms with Crippen LogP contribution in [0.25, 0.3) is 6.08 Å². The summed E-state index contributed by atoms with van der Waals surface area (Å²) in [7, 11) is 0.